The number of rotatable bonds is 2. The second-order valence-corrected chi connectivity index (χ2v) is 4.61. The van der Waals surface area contributed by atoms with E-state index in [0.717, 1.165) is 22.2 Å². The zero-order valence-electron chi connectivity index (χ0n) is 10.5. The predicted molar refractivity (Wildman–Crippen MR) is 72.8 cm³/mol. The van der Waals surface area contributed by atoms with Crippen molar-refractivity contribution >= 4 is 11.0 Å². The lowest BCUT2D eigenvalue weighted by atomic mass is 10.2. The number of nitrogens with zero attached hydrogens (tertiary/aromatic N) is 1. The topological polar surface area (TPSA) is 37.8 Å². The summed E-state index contributed by atoms with van der Waals surface area (Å²) in [5, 5.41) is 0. The maximum Gasteiger partial charge on any atom is 0.326 e. The SMILES string of the molecule is Cc1cccc2c1[nH]c(=O)n2Cc1ccc(F)cc1. The van der Waals surface area contributed by atoms with E-state index in [1.165, 1.54) is 12.1 Å². The van der Waals surface area contributed by atoms with Crippen molar-refractivity contribution in [3.63, 3.8) is 0 Å². The van der Waals surface area contributed by atoms with E-state index in [9.17, 15) is 9.18 Å². The van der Waals surface area contributed by atoms with Crippen LogP contribution in [-0.4, -0.2) is 9.55 Å². The fraction of sp³-hybridized carbons (Fsp3) is 0.133. The van der Waals surface area contributed by atoms with Gasteiger partial charge in [-0.2, -0.15) is 0 Å². The summed E-state index contributed by atoms with van der Waals surface area (Å²) in [4.78, 5) is 14.9. The number of nitrogens with one attached hydrogen (secondary N) is 1. The van der Waals surface area contributed by atoms with Gasteiger partial charge in [-0.1, -0.05) is 24.3 Å². The second kappa shape index (κ2) is 4.39. The Balaban J connectivity index is 2.10. The van der Waals surface area contributed by atoms with Gasteiger partial charge in [-0.15, -0.1) is 0 Å². The predicted octanol–water partition coefficient (Wildman–Crippen LogP) is 2.83. The highest BCUT2D eigenvalue weighted by molar-refractivity contribution is 5.78. The first-order valence-electron chi connectivity index (χ1n) is 6.08. The Hall–Kier alpha value is -2.36. The fourth-order valence-corrected chi connectivity index (χ4v) is 2.25. The average molecular weight is 256 g/mol. The van der Waals surface area contributed by atoms with Crippen LogP contribution in [0.15, 0.2) is 47.3 Å². The molecule has 0 atom stereocenters. The highest BCUT2D eigenvalue weighted by Gasteiger charge is 2.08. The Morgan fingerprint density at radius 3 is 2.63 bits per heavy atom. The molecule has 3 aromatic rings. The van der Waals surface area contributed by atoms with Gasteiger partial charge < -0.3 is 4.98 Å². The number of imidazole rings is 1. The third-order valence-corrected chi connectivity index (χ3v) is 3.27. The Labute approximate surface area is 109 Å². The van der Waals surface area contributed by atoms with Crippen LogP contribution >= 0.6 is 0 Å². The molecule has 0 aliphatic rings. The number of para-hydroxylation sites is 1. The molecule has 0 bridgehead atoms. The molecule has 0 saturated carbocycles. The number of halogens is 1. The molecule has 96 valence electrons. The summed E-state index contributed by atoms with van der Waals surface area (Å²) >= 11 is 0. The Bertz CT molecular complexity index is 784. The molecular weight excluding hydrogens is 243 g/mol. The molecule has 19 heavy (non-hydrogen) atoms. The number of H-pyrrole nitrogens is 1. The number of hydrogen-bond acceptors (Lipinski definition) is 1. The van der Waals surface area contributed by atoms with Crippen LogP contribution in [0.2, 0.25) is 0 Å². The maximum atomic E-state index is 12.9. The summed E-state index contributed by atoms with van der Waals surface area (Å²) in [6.07, 6.45) is 0. The molecular formula is C15H13FN2O. The minimum atomic E-state index is -0.272. The fourth-order valence-electron chi connectivity index (χ4n) is 2.25. The standard InChI is InChI=1S/C15H13FN2O/c1-10-3-2-4-13-14(10)17-15(19)18(13)9-11-5-7-12(16)8-6-11/h2-8H,9H2,1H3,(H,17,19). The van der Waals surface area contributed by atoms with Gasteiger partial charge in [-0.3, -0.25) is 4.57 Å². The van der Waals surface area contributed by atoms with Gasteiger partial charge in [0, 0.05) is 0 Å². The molecule has 1 heterocycles. The van der Waals surface area contributed by atoms with Crippen molar-refractivity contribution in [2.24, 2.45) is 0 Å². The van der Waals surface area contributed by atoms with Gasteiger partial charge in [0.25, 0.3) is 0 Å². The van der Waals surface area contributed by atoms with E-state index in [1.807, 2.05) is 25.1 Å². The molecule has 2 aromatic carbocycles. The van der Waals surface area contributed by atoms with Gasteiger partial charge in [-0.25, -0.2) is 9.18 Å². The number of fused-ring (bicyclic) bond motifs is 1. The van der Waals surface area contributed by atoms with Crippen LogP contribution in [0, 0.1) is 12.7 Å². The minimum Gasteiger partial charge on any atom is -0.305 e. The Morgan fingerprint density at radius 2 is 1.89 bits per heavy atom. The molecule has 4 heteroatoms. The molecule has 0 aliphatic heterocycles. The lowest BCUT2D eigenvalue weighted by Crippen LogP contribution is -2.17. The van der Waals surface area contributed by atoms with Gasteiger partial charge in [0.2, 0.25) is 0 Å². The first kappa shape index (κ1) is 11.7. The van der Waals surface area contributed by atoms with Crippen LogP contribution in [0.4, 0.5) is 4.39 Å². The van der Waals surface area contributed by atoms with Gasteiger partial charge in [0.05, 0.1) is 17.6 Å². The quantitative estimate of drug-likeness (QED) is 0.752. The van der Waals surface area contributed by atoms with E-state index in [4.69, 9.17) is 0 Å². The third kappa shape index (κ3) is 2.05. The molecule has 0 amide bonds. The molecule has 3 rings (SSSR count). The number of aromatic nitrogens is 2. The van der Waals surface area contributed by atoms with E-state index in [-0.39, 0.29) is 11.5 Å². The van der Waals surface area contributed by atoms with E-state index >= 15 is 0 Å². The molecule has 0 radical (unpaired) electrons. The van der Waals surface area contributed by atoms with Crippen molar-refractivity contribution in [3.8, 4) is 0 Å². The maximum absolute atomic E-state index is 12.9. The summed E-state index contributed by atoms with van der Waals surface area (Å²) in [5.74, 6) is -0.272. The van der Waals surface area contributed by atoms with Gasteiger partial charge >= 0.3 is 5.69 Å². The first-order chi connectivity index (χ1) is 9.15. The molecule has 1 aromatic heterocycles. The molecule has 1 N–H and O–H groups in total. The number of aromatic amines is 1. The van der Waals surface area contributed by atoms with Crippen molar-refractivity contribution in [1.29, 1.82) is 0 Å². The lowest BCUT2D eigenvalue weighted by Gasteiger charge is -2.04. The van der Waals surface area contributed by atoms with E-state index in [2.05, 4.69) is 4.98 Å². The highest BCUT2D eigenvalue weighted by atomic mass is 19.1. The number of hydrogen-bond donors (Lipinski definition) is 1. The first-order valence-corrected chi connectivity index (χ1v) is 6.08. The van der Waals surface area contributed by atoms with Crippen molar-refractivity contribution in [3.05, 3.63) is 69.9 Å². The number of benzene rings is 2. The summed E-state index contributed by atoms with van der Waals surface area (Å²) in [7, 11) is 0. The molecule has 0 saturated heterocycles. The highest BCUT2D eigenvalue weighted by Crippen LogP contribution is 2.15. The Morgan fingerprint density at radius 1 is 1.16 bits per heavy atom. The summed E-state index contributed by atoms with van der Waals surface area (Å²) < 4.78 is 14.5. The van der Waals surface area contributed by atoms with E-state index < -0.39 is 0 Å². The van der Waals surface area contributed by atoms with Gasteiger partial charge in [-0.05, 0) is 36.2 Å². The monoisotopic (exact) mass is 256 g/mol. The van der Waals surface area contributed by atoms with E-state index in [0.29, 0.717) is 6.54 Å². The van der Waals surface area contributed by atoms with Crippen LogP contribution in [-0.2, 0) is 6.54 Å². The lowest BCUT2D eigenvalue weighted by molar-refractivity contribution is 0.626. The van der Waals surface area contributed by atoms with Gasteiger partial charge in [0.1, 0.15) is 5.82 Å². The molecule has 0 aliphatic carbocycles. The van der Waals surface area contributed by atoms with Crippen LogP contribution in [0.5, 0.6) is 0 Å². The smallest absolute Gasteiger partial charge is 0.305 e. The third-order valence-electron chi connectivity index (χ3n) is 3.27. The Kier molecular flexibility index (Phi) is 2.71. The normalized spacial score (nSPS) is 11.1. The minimum absolute atomic E-state index is 0.145. The average Bonchev–Trinajstić information content (AvgIpc) is 2.71. The van der Waals surface area contributed by atoms with Crippen LogP contribution in [0.1, 0.15) is 11.1 Å². The zero-order chi connectivity index (χ0) is 13.4. The van der Waals surface area contributed by atoms with E-state index in [1.54, 1.807) is 16.7 Å². The van der Waals surface area contributed by atoms with Gasteiger partial charge in [0.15, 0.2) is 0 Å². The molecule has 0 spiro atoms. The largest absolute Gasteiger partial charge is 0.326 e. The second-order valence-electron chi connectivity index (χ2n) is 4.61. The van der Waals surface area contributed by atoms with Crippen LogP contribution in [0.3, 0.4) is 0 Å². The molecule has 0 unspecified atom stereocenters. The molecule has 3 nitrogen and oxygen atoms in total. The number of aryl methyl sites for hydroxylation is 1. The van der Waals surface area contributed by atoms with Crippen LogP contribution < -0.4 is 5.69 Å². The summed E-state index contributed by atoms with van der Waals surface area (Å²) in [5.41, 5.74) is 3.51. The zero-order valence-corrected chi connectivity index (χ0v) is 10.5. The van der Waals surface area contributed by atoms with Crippen molar-refractivity contribution < 1.29 is 4.39 Å². The summed E-state index contributed by atoms with van der Waals surface area (Å²) in [6, 6.07) is 12.0. The van der Waals surface area contributed by atoms with Crippen molar-refractivity contribution in [2.75, 3.05) is 0 Å². The van der Waals surface area contributed by atoms with Crippen molar-refractivity contribution in [2.45, 2.75) is 13.5 Å². The molecule has 0 fully saturated rings. The van der Waals surface area contributed by atoms with Crippen molar-refractivity contribution in [1.82, 2.24) is 9.55 Å². The summed E-state index contributed by atoms with van der Waals surface area (Å²) in [6.45, 7) is 2.39. The van der Waals surface area contributed by atoms with Crippen LogP contribution in [0.25, 0.3) is 11.0 Å².